The quantitative estimate of drug-likeness (QED) is 0.868. The van der Waals surface area contributed by atoms with E-state index in [0.29, 0.717) is 18.2 Å². The first kappa shape index (κ1) is 16.6. The number of carbonyl (C=O) groups excluding carboxylic acids is 1. The summed E-state index contributed by atoms with van der Waals surface area (Å²) in [6, 6.07) is 1.08. The van der Waals surface area contributed by atoms with Crippen LogP contribution in [0.1, 0.15) is 22.8 Å². The Bertz CT molecular complexity index is 531. The number of amides is 1. The van der Waals surface area contributed by atoms with Gasteiger partial charge in [-0.2, -0.15) is 13.2 Å². The topological polar surface area (TPSA) is 46.2 Å². The number of nitrogens with one attached hydrogen (secondary N) is 1. The van der Waals surface area contributed by atoms with Crippen molar-refractivity contribution in [2.45, 2.75) is 19.1 Å². The molecular formula is C12H13F4NO2S. The Labute approximate surface area is 115 Å². The summed E-state index contributed by atoms with van der Waals surface area (Å²) < 4.78 is 61.9. The number of hydrogen-bond acceptors (Lipinski definition) is 2. The Kier molecular flexibility index (Phi) is 5.27. The van der Waals surface area contributed by atoms with Crippen LogP contribution in [0.15, 0.2) is 18.2 Å². The first-order valence-electron chi connectivity index (χ1n) is 5.59. The van der Waals surface area contributed by atoms with Gasteiger partial charge in [0.2, 0.25) is 0 Å². The molecule has 2 atom stereocenters. The van der Waals surface area contributed by atoms with E-state index >= 15 is 0 Å². The number of halogens is 4. The Morgan fingerprint density at radius 1 is 1.40 bits per heavy atom. The molecule has 0 heterocycles. The van der Waals surface area contributed by atoms with E-state index in [-0.39, 0.29) is 5.75 Å². The molecule has 0 aliphatic heterocycles. The highest BCUT2D eigenvalue weighted by Crippen LogP contribution is 2.30. The molecule has 1 amide bonds. The van der Waals surface area contributed by atoms with Crippen molar-refractivity contribution >= 4 is 16.7 Å². The minimum Gasteiger partial charge on any atom is -0.349 e. The molecule has 20 heavy (non-hydrogen) atoms. The van der Waals surface area contributed by atoms with Crippen molar-refractivity contribution in [1.82, 2.24) is 5.32 Å². The first-order chi connectivity index (χ1) is 9.11. The molecule has 0 fully saturated rings. The average Bonchev–Trinajstić information content (AvgIpc) is 2.26. The van der Waals surface area contributed by atoms with Crippen molar-refractivity contribution in [3.63, 3.8) is 0 Å². The maximum atomic E-state index is 13.4. The summed E-state index contributed by atoms with van der Waals surface area (Å²) in [5.41, 5.74) is -1.79. The van der Waals surface area contributed by atoms with Gasteiger partial charge < -0.3 is 5.32 Å². The summed E-state index contributed by atoms with van der Waals surface area (Å²) in [6.07, 6.45) is -3.23. The van der Waals surface area contributed by atoms with Crippen LogP contribution in [0.5, 0.6) is 0 Å². The molecule has 0 saturated carbocycles. The molecule has 1 aromatic carbocycles. The van der Waals surface area contributed by atoms with Gasteiger partial charge in [0, 0.05) is 28.9 Å². The number of hydrogen-bond donors (Lipinski definition) is 1. The molecule has 0 bridgehead atoms. The summed E-state index contributed by atoms with van der Waals surface area (Å²) >= 11 is 0. The molecule has 1 N–H and O–H groups in total. The lowest BCUT2D eigenvalue weighted by Crippen LogP contribution is -2.36. The highest BCUT2D eigenvalue weighted by Gasteiger charge is 2.32. The smallest absolute Gasteiger partial charge is 0.349 e. The van der Waals surface area contributed by atoms with Gasteiger partial charge in [0.1, 0.15) is 5.82 Å². The predicted octanol–water partition coefficient (Wildman–Crippen LogP) is 2.34. The fourth-order valence-electron chi connectivity index (χ4n) is 1.57. The molecule has 0 radical (unpaired) electrons. The van der Waals surface area contributed by atoms with Crippen LogP contribution in [0.2, 0.25) is 0 Å². The fraction of sp³-hybridized carbons (Fsp3) is 0.417. The fourth-order valence-corrected chi connectivity index (χ4v) is 2.36. The highest BCUT2D eigenvalue weighted by atomic mass is 32.2. The van der Waals surface area contributed by atoms with Crippen LogP contribution in [0.25, 0.3) is 0 Å². The lowest BCUT2D eigenvalue weighted by molar-refractivity contribution is -0.137. The van der Waals surface area contributed by atoms with Crippen LogP contribution in [0, 0.1) is 5.82 Å². The van der Waals surface area contributed by atoms with Crippen LogP contribution in [0.4, 0.5) is 17.6 Å². The predicted molar refractivity (Wildman–Crippen MR) is 67.3 cm³/mol. The monoisotopic (exact) mass is 311 g/mol. The van der Waals surface area contributed by atoms with Crippen molar-refractivity contribution in [2.24, 2.45) is 0 Å². The van der Waals surface area contributed by atoms with Crippen molar-refractivity contribution in [2.75, 3.05) is 12.0 Å². The number of benzene rings is 1. The Morgan fingerprint density at radius 2 is 2.00 bits per heavy atom. The molecule has 0 spiro atoms. The lowest BCUT2D eigenvalue weighted by Gasteiger charge is -2.14. The number of rotatable bonds is 4. The number of carbonyl (C=O) groups is 1. The zero-order chi connectivity index (χ0) is 15.5. The second kappa shape index (κ2) is 6.34. The van der Waals surface area contributed by atoms with E-state index in [1.807, 2.05) is 0 Å². The largest absolute Gasteiger partial charge is 0.416 e. The van der Waals surface area contributed by atoms with E-state index in [4.69, 9.17) is 0 Å². The van der Waals surface area contributed by atoms with Crippen molar-refractivity contribution < 1.29 is 26.6 Å². The maximum absolute atomic E-state index is 13.4. The third kappa shape index (κ3) is 4.59. The first-order valence-corrected chi connectivity index (χ1v) is 7.31. The molecule has 3 nitrogen and oxygen atoms in total. The van der Waals surface area contributed by atoms with E-state index in [9.17, 15) is 26.6 Å². The van der Waals surface area contributed by atoms with E-state index < -0.39 is 45.9 Å². The summed E-state index contributed by atoms with van der Waals surface area (Å²) in [6.45, 7) is 1.53. The van der Waals surface area contributed by atoms with Crippen molar-refractivity contribution in [1.29, 1.82) is 0 Å². The number of alkyl halides is 3. The molecule has 1 rings (SSSR count). The SMILES string of the molecule is CC(CS(C)=O)NC(=O)c1cc(C(F)(F)F)ccc1F. The molecule has 2 unspecified atom stereocenters. The average molecular weight is 311 g/mol. The minimum atomic E-state index is -4.65. The molecular weight excluding hydrogens is 298 g/mol. The van der Waals surface area contributed by atoms with Gasteiger partial charge in [-0.25, -0.2) is 4.39 Å². The molecule has 0 aromatic heterocycles. The van der Waals surface area contributed by atoms with Crippen LogP contribution in [0.3, 0.4) is 0 Å². The standard InChI is InChI=1S/C12H13F4NO2S/c1-7(6-20(2)19)17-11(18)9-5-8(12(14,15)16)3-4-10(9)13/h3-5,7H,6H2,1-2H3,(H,17,18). The second-order valence-corrected chi connectivity index (χ2v) is 5.79. The van der Waals surface area contributed by atoms with E-state index in [1.165, 1.54) is 13.2 Å². The third-order valence-electron chi connectivity index (χ3n) is 2.40. The summed E-state index contributed by atoms with van der Waals surface area (Å²) in [5, 5.41) is 2.31. The van der Waals surface area contributed by atoms with E-state index in [1.54, 1.807) is 0 Å². The Hall–Kier alpha value is -1.44. The molecule has 0 aliphatic carbocycles. The molecule has 1 aromatic rings. The summed E-state index contributed by atoms with van der Waals surface area (Å²) in [5.74, 6) is -1.88. The van der Waals surface area contributed by atoms with Crippen molar-refractivity contribution in [3.05, 3.63) is 35.1 Å². The summed E-state index contributed by atoms with van der Waals surface area (Å²) in [7, 11) is -1.18. The van der Waals surface area contributed by atoms with E-state index in [0.717, 1.165) is 0 Å². The van der Waals surface area contributed by atoms with Gasteiger partial charge in [-0.15, -0.1) is 0 Å². The Balaban J connectivity index is 2.95. The molecule has 8 heteroatoms. The van der Waals surface area contributed by atoms with Gasteiger partial charge in [0.25, 0.3) is 5.91 Å². The maximum Gasteiger partial charge on any atom is 0.416 e. The van der Waals surface area contributed by atoms with Gasteiger partial charge in [-0.05, 0) is 25.1 Å². The van der Waals surface area contributed by atoms with Crippen LogP contribution < -0.4 is 5.32 Å². The zero-order valence-corrected chi connectivity index (χ0v) is 11.6. The zero-order valence-electron chi connectivity index (χ0n) is 10.8. The lowest BCUT2D eigenvalue weighted by atomic mass is 10.1. The van der Waals surface area contributed by atoms with Crippen LogP contribution in [-0.4, -0.2) is 28.2 Å². The molecule has 112 valence electrons. The van der Waals surface area contributed by atoms with Gasteiger partial charge in [0.05, 0.1) is 11.1 Å². The third-order valence-corrected chi connectivity index (χ3v) is 3.37. The minimum absolute atomic E-state index is 0.131. The van der Waals surface area contributed by atoms with Crippen LogP contribution in [-0.2, 0) is 17.0 Å². The molecule has 0 saturated heterocycles. The molecule has 0 aliphatic rings. The van der Waals surface area contributed by atoms with Crippen molar-refractivity contribution in [3.8, 4) is 0 Å². The Morgan fingerprint density at radius 3 is 2.50 bits per heavy atom. The van der Waals surface area contributed by atoms with Gasteiger partial charge in [-0.3, -0.25) is 9.00 Å². The van der Waals surface area contributed by atoms with Crippen LogP contribution >= 0.6 is 0 Å². The summed E-state index contributed by atoms with van der Waals surface area (Å²) in [4.78, 5) is 11.7. The van der Waals surface area contributed by atoms with Gasteiger partial charge >= 0.3 is 6.18 Å². The van der Waals surface area contributed by atoms with Gasteiger partial charge in [-0.1, -0.05) is 0 Å². The van der Waals surface area contributed by atoms with Gasteiger partial charge in [0.15, 0.2) is 0 Å². The van der Waals surface area contributed by atoms with E-state index in [2.05, 4.69) is 5.32 Å². The second-order valence-electron chi connectivity index (χ2n) is 4.31. The normalized spacial score (nSPS) is 14.7. The highest BCUT2D eigenvalue weighted by molar-refractivity contribution is 7.84.